The van der Waals surface area contributed by atoms with Crippen molar-refractivity contribution in [2.45, 2.75) is 20.8 Å². The standard InChI is InChI=1S/C11H15NO/c1-8(2)10(4)13-11-6-5-9(3)12-7-11/h5-8H,4H2,1-3H3. The first-order chi connectivity index (χ1) is 6.09. The summed E-state index contributed by atoms with van der Waals surface area (Å²) in [5.41, 5.74) is 0.988. The Morgan fingerprint density at radius 2 is 2.15 bits per heavy atom. The fourth-order valence-electron chi connectivity index (χ4n) is 0.784. The minimum atomic E-state index is 0.335. The van der Waals surface area contributed by atoms with Crippen LogP contribution >= 0.6 is 0 Å². The summed E-state index contributed by atoms with van der Waals surface area (Å²) in [5, 5.41) is 0. The zero-order valence-electron chi connectivity index (χ0n) is 8.37. The zero-order valence-corrected chi connectivity index (χ0v) is 8.37. The van der Waals surface area contributed by atoms with Crippen LogP contribution in [0, 0.1) is 12.8 Å². The number of nitrogens with zero attached hydrogens (tertiary/aromatic N) is 1. The van der Waals surface area contributed by atoms with Crippen molar-refractivity contribution in [2.24, 2.45) is 5.92 Å². The van der Waals surface area contributed by atoms with E-state index in [2.05, 4.69) is 11.6 Å². The van der Waals surface area contributed by atoms with Gasteiger partial charge in [0, 0.05) is 11.6 Å². The number of aromatic nitrogens is 1. The Bertz CT molecular complexity index is 287. The first-order valence-electron chi connectivity index (χ1n) is 4.39. The second-order valence-electron chi connectivity index (χ2n) is 3.36. The largest absolute Gasteiger partial charge is 0.460 e. The predicted molar refractivity (Wildman–Crippen MR) is 53.6 cm³/mol. The minimum absolute atomic E-state index is 0.335. The van der Waals surface area contributed by atoms with Gasteiger partial charge in [-0.3, -0.25) is 4.98 Å². The molecular formula is C11H15NO. The van der Waals surface area contributed by atoms with Gasteiger partial charge in [0.2, 0.25) is 0 Å². The fraction of sp³-hybridized carbons (Fsp3) is 0.364. The van der Waals surface area contributed by atoms with Gasteiger partial charge in [-0.15, -0.1) is 0 Å². The van der Waals surface area contributed by atoms with Crippen molar-refractivity contribution in [3.8, 4) is 5.75 Å². The van der Waals surface area contributed by atoms with Crippen molar-refractivity contribution >= 4 is 0 Å². The van der Waals surface area contributed by atoms with E-state index in [0.717, 1.165) is 17.2 Å². The maximum atomic E-state index is 5.47. The maximum absolute atomic E-state index is 5.47. The number of hydrogen-bond donors (Lipinski definition) is 0. The van der Waals surface area contributed by atoms with E-state index < -0.39 is 0 Å². The van der Waals surface area contributed by atoms with Crippen molar-refractivity contribution in [2.75, 3.05) is 0 Å². The summed E-state index contributed by atoms with van der Waals surface area (Å²) >= 11 is 0. The van der Waals surface area contributed by atoms with Gasteiger partial charge in [-0.1, -0.05) is 20.4 Å². The second kappa shape index (κ2) is 4.08. The molecule has 0 aromatic carbocycles. The van der Waals surface area contributed by atoms with E-state index in [0.29, 0.717) is 5.92 Å². The molecule has 0 unspecified atom stereocenters. The molecule has 0 saturated heterocycles. The SMILES string of the molecule is C=C(Oc1ccc(C)nc1)C(C)C. The normalized spacial score (nSPS) is 10.2. The van der Waals surface area contributed by atoms with E-state index in [9.17, 15) is 0 Å². The molecular weight excluding hydrogens is 162 g/mol. The molecule has 0 atom stereocenters. The average molecular weight is 177 g/mol. The molecule has 0 aliphatic rings. The molecule has 0 spiro atoms. The predicted octanol–water partition coefficient (Wildman–Crippen LogP) is 2.94. The quantitative estimate of drug-likeness (QED) is 0.662. The number of rotatable bonds is 3. The van der Waals surface area contributed by atoms with Crippen LogP contribution in [0.25, 0.3) is 0 Å². The van der Waals surface area contributed by atoms with E-state index >= 15 is 0 Å². The van der Waals surface area contributed by atoms with Gasteiger partial charge >= 0.3 is 0 Å². The van der Waals surface area contributed by atoms with Crippen LogP contribution in [-0.2, 0) is 0 Å². The maximum Gasteiger partial charge on any atom is 0.145 e. The molecule has 1 rings (SSSR count). The molecule has 1 aromatic rings. The van der Waals surface area contributed by atoms with E-state index in [4.69, 9.17) is 4.74 Å². The Balaban J connectivity index is 2.65. The summed E-state index contributed by atoms with van der Waals surface area (Å²) in [6.45, 7) is 9.86. The molecule has 0 saturated carbocycles. The summed E-state index contributed by atoms with van der Waals surface area (Å²) in [4.78, 5) is 4.13. The lowest BCUT2D eigenvalue weighted by molar-refractivity contribution is 0.370. The molecule has 13 heavy (non-hydrogen) atoms. The third kappa shape index (κ3) is 2.90. The average Bonchev–Trinajstić information content (AvgIpc) is 2.08. The topological polar surface area (TPSA) is 22.1 Å². The lowest BCUT2D eigenvalue weighted by Gasteiger charge is -2.10. The van der Waals surface area contributed by atoms with Crippen molar-refractivity contribution in [3.63, 3.8) is 0 Å². The molecule has 0 fully saturated rings. The van der Waals surface area contributed by atoms with Gasteiger partial charge in [-0.25, -0.2) is 0 Å². The molecule has 0 radical (unpaired) electrons. The highest BCUT2D eigenvalue weighted by atomic mass is 16.5. The first kappa shape index (κ1) is 9.78. The molecule has 2 nitrogen and oxygen atoms in total. The van der Waals surface area contributed by atoms with Gasteiger partial charge in [-0.2, -0.15) is 0 Å². The number of pyridine rings is 1. The lowest BCUT2D eigenvalue weighted by Crippen LogP contribution is -2.01. The summed E-state index contributed by atoms with van der Waals surface area (Å²) in [6, 6.07) is 3.82. The van der Waals surface area contributed by atoms with Gasteiger partial charge in [-0.05, 0) is 19.1 Å². The molecule has 1 aromatic heterocycles. The van der Waals surface area contributed by atoms with Crippen LogP contribution in [0.4, 0.5) is 0 Å². The van der Waals surface area contributed by atoms with E-state index in [1.165, 1.54) is 0 Å². The van der Waals surface area contributed by atoms with E-state index in [1.807, 2.05) is 32.9 Å². The van der Waals surface area contributed by atoms with Gasteiger partial charge in [0.15, 0.2) is 0 Å². The molecule has 0 amide bonds. The Morgan fingerprint density at radius 3 is 2.62 bits per heavy atom. The minimum Gasteiger partial charge on any atom is -0.460 e. The van der Waals surface area contributed by atoms with Crippen LogP contribution in [0.5, 0.6) is 5.75 Å². The summed E-state index contributed by atoms with van der Waals surface area (Å²) in [7, 11) is 0. The smallest absolute Gasteiger partial charge is 0.145 e. The van der Waals surface area contributed by atoms with Gasteiger partial charge in [0.25, 0.3) is 0 Å². The monoisotopic (exact) mass is 177 g/mol. The lowest BCUT2D eigenvalue weighted by atomic mass is 10.2. The molecule has 1 heterocycles. The highest BCUT2D eigenvalue weighted by molar-refractivity contribution is 5.21. The van der Waals surface area contributed by atoms with Crippen molar-refractivity contribution in [1.29, 1.82) is 0 Å². The van der Waals surface area contributed by atoms with E-state index in [-0.39, 0.29) is 0 Å². The summed E-state index contributed by atoms with van der Waals surface area (Å²) < 4.78 is 5.47. The van der Waals surface area contributed by atoms with Crippen LogP contribution in [0.3, 0.4) is 0 Å². The Kier molecular flexibility index (Phi) is 3.07. The Hall–Kier alpha value is -1.31. The number of aryl methyl sites for hydroxylation is 1. The highest BCUT2D eigenvalue weighted by Gasteiger charge is 2.02. The van der Waals surface area contributed by atoms with Crippen molar-refractivity contribution in [3.05, 3.63) is 36.4 Å². The summed E-state index contributed by atoms with van der Waals surface area (Å²) in [6.07, 6.45) is 1.71. The van der Waals surface area contributed by atoms with E-state index in [1.54, 1.807) is 6.20 Å². The Labute approximate surface area is 79.3 Å². The van der Waals surface area contributed by atoms with Gasteiger partial charge < -0.3 is 4.74 Å². The van der Waals surface area contributed by atoms with Crippen molar-refractivity contribution < 1.29 is 4.74 Å². The van der Waals surface area contributed by atoms with Crippen LogP contribution in [0.2, 0.25) is 0 Å². The van der Waals surface area contributed by atoms with Crippen LogP contribution in [-0.4, -0.2) is 4.98 Å². The first-order valence-corrected chi connectivity index (χ1v) is 4.39. The third-order valence-electron chi connectivity index (χ3n) is 1.78. The molecule has 2 heteroatoms. The molecule has 0 N–H and O–H groups in total. The molecule has 0 aliphatic carbocycles. The van der Waals surface area contributed by atoms with Gasteiger partial charge in [0.1, 0.15) is 5.75 Å². The fourth-order valence-corrected chi connectivity index (χ4v) is 0.784. The third-order valence-corrected chi connectivity index (χ3v) is 1.78. The van der Waals surface area contributed by atoms with Crippen LogP contribution in [0.15, 0.2) is 30.7 Å². The van der Waals surface area contributed by atoms with Crippen LogP contribution < -0.4 is 4.74 Å². The Morgan fingerprint density at radius 1 is 1.46 bits per heavy atom. The molecule has 0 aliphatic heterocycles. The second-order valence-corrected chi connectivity index (χ2v) is 3.36. The van der Waals surface area contributed by atoms with Crippen molar-refractivity contribution in [1.82, 2.24) is 4.98 Å². The number of hydrogen-bond acceptors (Lipinski definition) is 2. The number of allylic oxidation sites excluding steroid dienone is 1. The van der Waals surface area contributed by atoms with Gasteiger partial charge in [0.05, 0.1) is 12.0 Å². The summed E-state index contributed by atoms with van der Waals surface area (Å²) in [5.74, 6) is 1.86. The molecule has 70 valence electrons. The highest BCUT2D eigenvalue weighted by Crippen LogP contribution is 2.15. The zero-order chi connectivity index (χ0) is 9.84. The molecule has 0 bridgehead atoms. The van der Waals surface area contributed by atoms with Crippen LogP contribution in [0.1, 0.15) is 19.5 Å². The number of ether oxygens (including phenoxy) is 1.